The molecule has 36 heavy (non-hydrogen) atoms. The van der Waals surface area contributed by atoms with Crippen molar-refractivity contribution in [3.8, 4) is 0 Å². The summed E-state index contributed by atoms with van der Waals surface area (Å²) in [6, 6.07) is 19.0. The van der Waals surface area contributed by atoms with Gasteiger partial charge in [0.05, 0.1) is 4.90 Å². The lowest BCUT2D eigenvalue weighted by molar-refractivity contribution is -0.140. The molecule has 0 saturated heterocycles. The maximum atomic E-state index is 13.3. The highest BCUT2D eigenvalue weighted by molar-refractivity contribution is 7.89. The van der Waals surface area contributed by atoms with E-state index in [2.05, 4.69) is 15.0 Å². The summed E-state index contributed by atoms with van der Waals surface area (Å²) in [6.07, 6.45) is 3.95. The van der Waals surface area contributed by atoms with Gasteiger partial charge in [0.25, 0.3) is 0 Å². The molecule has 3 aromatic rings. The van der Waals surface area contributed by atoms with Gasteiger partial charge in [0, 0.05) is 38.4 Å². The second-order valence-electron chi connectivity index (χ2n) is 8.40. The van der Waals surface area contributed by atoms with Crippen LogP contribution in [0.3, 0.4) is 0 Å². The molecule has 0 spiro atoms. The first-order valence-electron chi connectivity index (χ1n) is 11.9. The molecule has 0 fully saturated rings. The molecular formula is C27H32N4O4S. The summed E-state index contributed by atoms with van der Waals surface area (Å²) >= 11 is 0. The average Bonchev–Trinajstić information content (AvgIpc) is 2.90. The Balaban J connectivity index is 1.67. The minimum Gasteiger partial charge on any atom is -0.350 e. The third kappa shape index (κ3) is 7.73. The molecule has 3 rings (SSSR count). The van der Waals surface area contributed by atoms with Crippen LogP contribution in [0.1, 0.15) is 37.0 Å². The highest BCUT2D eigenvalue weighted by Gasteiger charge is 2.26. The largest absolute Gasteiger partial charge is 0.350 e. The van der Waals surface area contributed by atoms with Gasteiger partial charge in [0.2, 0.25) is 21.8 Å². The second kappa shape index (κ2) is 12.9. The number of pyridine rings is 1. The monoisotopic (exact) mass is 508 g/mol. The Morgan fingerprint density at radius 3 is 2.22 bits per heavy atom. The molecule has 2 aromatic carbocycles. The Hall–Kier alpha value is -3.56. The second-order valence-corrected chi connectivity index (χ2v) is 10.2. The Labute approximate surface area is 212 Å². The predicted octanol–water partition coefficient (Wildman–Crippen LogP) is 3.05. The van der Waals surface area contributed by atoms with E-state index < -0.39 is 16.1 Å². The van der Waals surface area contributed by atoms with Crippen molar-refractivity contribution in [1.82, 2.24) is 19.9 Å². The molecule has 2 amide bonds. The van der Waals surface area contributed by atoms with Crippen LogP contribution in [0.4, 0.5) is 0 Å². The fourth-order valence-corrected chi connectivity index (χ4v) is 4.74. The molecule has 9 heteroatoms. The Morgan fingerprint density at radius 2 is 1.58 bits per heavy atom. The van der Waals surface area contributed by atoms with Gasteiger partial charge in [-0.05, 0) is 54.3 Å². The Bertz CT molecular complexity index is 1230. The number of rotatable bonds is 12. The lowest BCUT2D eigenvalue weighted by atomic mass is 10.1. The molecule has 0 bridgehead atoms. The van der Waals surface area contributed by atoms with Crippen molar-refractivity contribution in [2.75, 3.05) is 6.54 Å². The Kier molecular flexibility index (Phi) is 9.72. The molecule has 8 nitrogen and oxygen atoms in total. The number of nitrogens with zero attached hydrogens (tertiary/aromatic N) is 2. The van der Waals surface area contributed by atoms with Crippen LogP contribution in [-0.2, 0) is 39.1 Å². The van der Waals surface area contributed by atoms with Crippen molar-refractivity contribution in [3.63, 3.8) is 0 Å². The summed E-state index contributed by atoms with van der Waals surface area (Å²) in [4.78, 5) is 32.0. The van der Waals surface area contributed by atoms with Crippen LogP contribution in [0.25, 0.3) is 0 Å². The molecule has 0 aliphatic heterocycles. The summed E-state index contributed by atoms with van der Waals surface area (Å²) in [6.45, 7) is 4.41. The normalized spacial score (nSPS) is 12.1. The maximum Gasteiger partial charge on any atom is 0.242 e. The van der Waals surface area contributed by atoms with Gasteiger partial charge in [-0.2, -0.15) is 0 Å². The molecule has 0 radical (unpaired) electrons. The summed E-state index contributed by atoms with van der Waals surface area (Å²) < 4.78 is 26.7. The number of benzene rings is 2. The molecular weight excluding hydrogens is 476 g/mol. The highest BCUT2D eigenvalue weighted by atomic mass is 32.2. The summed E-state index contributed by atoms with van der Waals surface area (Å²) in [5, 5.41) is 2.90. The van der Waals surface area contributed by atoms with Crippen LogP contribution in [0.15, 0.2) is 84.0 Å². The number of aryl methyl sites for hydroxylation is 1. The van der Waals surface area contributed by atoms with Crippen LogP contribution >= 0.6 is 0 Å². The minimum absolute atomic E-state index is 0.158. The standard InChI is InChI=1S/C27H32N4O4S/c1-3-30-36(34,35)25-12-9-22(10-13-25)11-14-26(32)31(20-24-7-5-4-6-8-24)21(2)27(33)29-19-23-15-17-28-18-16-23/h4-10,12-13,15-18,21,30H,3,11,14,19-20H2,1-2H3,(H,29,33)/t21-/m0/s1. The topological polar surface area (TPSA) is 108 Å². The van der Waals surface area contributed by atoms with Crippen molar-refractivity contribution in [2.45, 2.75) is 50.7 Å². The number of amides is 2. The van der Waals surface area contributed by atoms with E-state index in [1.807, 2.05) is 42.5 Å². The minimum atomic E-state index is -3.53. The summed E-state index contributed by atoms with van der Waals surface area (Å²) in [5.41, 5.74) is 2.69. The molecule has 0 aliphatic rings. The van der Waals surface area contributed by atoms with Gasteiger partial charge in [0.15, 0.2) is 0 Å². The molecule has 0 unspecified atom stereocenters. The quantitative estimate of drug-likeness (QED) is 0.391. The first kappa shape index (κ1) is 27.0. The maximum absolute atomic E-state index is 13.3. The van der Waals surface area contributed by atoms with Gasteiger partial charge in [-0.25, -0.2) is 13.1 Å². The summed E-state index contributed by atoms with van der Waals surface area (Å²) in [7, 11) is -3.53. The van der Waals surface area contributed by atoms with Crippen molar-refractivity contribution in [1.29, 1.82) is 0 Å². The van der Waals surface area contributed by atoms with Crippen LogP contribution < -0.4 is 10.0 Å². The predicted molar refractivity (Wildman–Crippen MR) is 138 cm³/mol. The van der Waals surface area contributed by atoms with Crippen LogP contribution in [0.5, 0.6) is 0 Å². The Morgan fingerprint density at radius 1 is 0.917 bits per heavy atom. The number of hydrogen-bond donors (Lipinski definition) is 2. The number of aromatic nitrogens is 1. The van der Waals surface area contributed by atoms with Crippen molar-refractivity contribution in [2.24, 2.45) is 0 Å². The molecule has 1 heterocycles. The molecule has 1 atom stereocenters. The van der Waals surface area contributed by atoms with Gasteiger partial charge in [0.1, 0.15) is 6.04 Å². The zero-order valence-electron chi connectivity index (χ0n) is 20.6. The van der Waals surface area contributed by atoms with Gasteiger partial charge in [-0.15, -0.1) is 0 Å². The van der Waals surface area contributed by atoms with Crippen molar-refractivity contribution in [3.05, 3.63) is 95.8 Å². The average molecular weight is 509 g/mol. The third-order valence-corrected chi connectivity index (χ3v) is 7.34. The number of hydrogen-bond acceptors (Lipinski definition) is 5. The number of carbonyl (C=O) groups excluding carboxylic acids is 2. The third-order valence-electron chi connectivity index (χ3n) is 5.77. The van der Waals surface area contributed by atoms with Crippen molar-refractivity contribution < 1.29 is 18.0 Å². The highest BCUT2D eigenvalue weighted by Crippen LogP contribution is 2.15. The number of sulfonamides is 1. The van der Waals surface area contributed by atoms with Crippen LogP contribution in [-0.4, -0.2) is 42.7 Å². The van der Waals surface area contributed by atoms with E-state index in [0.717, 1.165) is 16.7 Å². The van der Waals surface area contributed by atoms with Gasteiger partial charge in [-0.3, -0.25) is 14.6 Å². The first-order chi connectivity index (χ1) is 17.3. The van der Waals surface area contributed by atoms with Crippen LogP contribution in [0, 0.1) is 0 Å². The van der Waals surface area contributed by atoms with E-state index in [4.69, 9.17) is 0 Å². The van der Waals surface area contributed by atoms with E-state index in [0.29, 0.717) is 26.1 Å². The SMILES string of the molecule is CCNS(=O)(=O)c1ccc(CCC(=O)N(Cc2ccccc2)[C@@H](C)C(=O)NCc2ccncc2)cc1. The van der Waals surface area contributed by atoms with E-state index in [-0.39, 0.29) is 23.1 Å². The molecule has 0 aliphatic carbocycles. The zero-order valence-corrected chi connectivity index (χ0v) is 21.4. The van der Waals surface area contributed by atoms with Gasteiger partial charge in [-0.1, -0.05) is 49.4 Å². The fourth-order valence-electron chi connectivity index (χ4n) is 3.70. The summed E-state index contributed by atoms with van der Waals surface area (Å²) in [5.74, 6) is -0.399. The lowest BCUT2D eigenvalue weighted by Crippen LogP contribution is -2.47. The van der Waals surface area contributed by atoms with Crippen molar-refractivity contribution >= 4 is 21.8 Å². The molecule has 1 aromatic heterocycles. The molecule has 190 valence electrons. The fraction of sp³-hybridized carbons (Fsp3) is 0.296. The van der Waals surface area contributed by atoms with E-state index in [1.54, 1.807) is 43.3 Å². The van der Waals surface area contributed by atoms with E-state index in [9.17, 15) is 18.0 Å². The number of carbonyl (C=O) groups is 2. The van der Waals surface area contributed by atoms with Crippen LogP contribution in [0.2, 0.25) is 0 Å². The first-order valence-corrected chi connectivity index (χ1v) is 13.4. The number of nitrogens with one attached hydrogen (secondary N) is 2. The van der Waals surface area contributed by atoms with E-state index >= 15 is 0 Å². The molecule has 2 N–H and O–H groups in total. The van der Waals surface area contributed by atoms with Gasteiger partial charge >= 0.3 is 0 Å². The van der Waals surface area contributed by atoms with E-state index in [1.165, 1.54) is 12.1 Å². The van der Waals surface area contributed by atoms with Gasteiger partial charge < -0.3 is 10.2 Å². The zero-order chi connectivity index (χ0) is 26.0. The smallest absolute Gasteiger partial charge is 0.242 e. The lowest BCUT2D eigenvalue weighted by Gasteiger charge is -2.29. The molecule has 0 saturated carbocycles.